The molecular formula is C18H34O. The second-order valence-electron chi connectivity index (χ2n) is 8.14. The summed E-state index contributed by atoms with van der Waals surface area (Å²) in [5.41, 5.74) is 0.114. The number of rotatable bonds is 8. The Kier molecular flexibility index (Phi) is 6.05. The van der Waals surface area contributed by atoms with E-state index in [-0.39, 0.29) is 22.2 Å². The van der Waals surface area contributed by atoms with Crippen molar-refractivity contribution in [3.8, 4) is 0 Å². The molecule has 0 aromatic heterocycles. The molecule has 0 rings (SSSR count). The molecule has 0 amide bonds. The summed E-state index contributed by atoms with van der Waals surface area (Å²) in [6.07, 6.45) is 5.21. The molecule has 112 valence electrons. The summed E-state index contributed by atoms with van der Waals surface area (Å²) in [4.78, 5) is 12.3. The summed E-state index contributed by atoms with van der Waals surface area (Å²) in [5, 5.41) is 0. The van der Waals surface area contributed by atoms with Gasteiger partial charge >= 0.3 is 0 Å². The quantitative estimate of drug-likeness (QED) is 0.519. The lowest BCUT2D eigenvalue weighted by Gasteiger charge is -2.46. The molecule has 19 heavy (non-hydrogen) atoms. The molecule has 0 aliphatic heterocycles. The van der Waals surface area contributed by atoms with E-state index in [1.807, 2.05) is 6.08 Å². The van der Waals surface area contributed by atoms with E-state index in [1.54, 1.807) is 6.92 Å². The van der Waals surface area contributed by atoms with Gasteiger partial charge in [0.15, 0.2) is 0 Å². The van der Waals surface area contributed by atoms with E-state index in [4.69, 9.17) is 0 Å². The molecule has 0 saturated carbocycles. The zero-order valence-corrected chi connectivity index (χ0v) is 14.4. The van der Waals surface area contributed by atoms with E-state index < -0.39 is 0 Å². The van der Waals surface area contributed by atoms with Crippen LogP contribution in [-0.4, -0.2) is 5.78 Å². The van der Waals surface area contributed by atoms with Gasteiger partial charge < -0.3 is 0 Å². The monoisotopic (exact) mass is 266 g/mol. The molecule has 0 spiro atoms. The fourth-order valence-electron chi connectivity index (χ4n) is 4.30. The molecule has 0 aliphatic carbocycles. The lowest BCUT2D eigenvalue weighted by molar-refractivity contribution is -0.131. The number of carbonyl (C=O) groups excluding carboxylic acids is 1. The highest BCUT2D eigenvalue weighted by molar-refractivity contribution is 5.80. The molecule has 0 aromatic rings. The topological polar surface area (TPSA) is 17.1 Å². The second kappa shape index (κ2) is 6.24. The molecule has 0 radical (unpaired) electrons. The summed E-state index contributed by atoms with van der Waals surface area (Å²) < 4.78 is 0. The largest absolute Gasteiger partial charge is 0.300 e. The summed E-state index contributed by atoms with van der Waals surface area (Å²) in [5.74, 6) is 0.419. The van der Waals surface area contributed by atoms with E-state index in [0.717, 1.165) is 19.3 Å². The molecule has 1 unspecified atom stereocenters. The molecule has 1 heteroatoms. The van der Waals surface area contributed by atoms with Crippen LogP contribution in [0.4, 0.5) is 0 Å². The van der Waals surface area contributed by atoms with Gasteiger partial charge in [0.2, 0.25) is 0 Å². The third kappa shape index (κ3) is 5.12. The van der Waals surface area contributed by atoms with Gasteiger partial charge in [0.1, 0.15) is 5.78 Å². The van der Waals surface area contributed by atoms with Gasteiger partial charge in [-0.2, -0.15) is 0 Å². The minimum atomic E-state index is -0.0117. The zero-order valence-electron chi connectivity index (χ0n) is 14.4. The summed E-state index contributed by atoms with van der Waals surface area (Å²) in [7, 11) is 0. The van der Waals surface area contributed by atoms with Crippen LogP contribution in [0.2, 0.25) is 0 Å². The average Bonchev–Trinajstić information content (AvgIpc) is 2.13. The predicted molar refractivity (Wildman–Crippen MR) is 85.2 cm³/mol. The molecule has 0 bridgehead atoms. The molecular weight excluding hydrogens is 232 g/mol. The predicted octanol–water partition coefficient (Wildman–Crippen LogP) is 5.65. The van der Waals surface area contributed by atoms with Crippen molar-refractivity contribution >= 4 is 5.78 Å². The number of hydrogen-bond acceptors (Lipinski definition) is 1. The first-order valence-electron chi connectivity index (χ1n) is 7.53. The number of allylic oxidation sites excluding steroid dienone is 1. The third-order valence-corrected chi connectivity index (χ3v) is 4.33. The van der Waals surface area contributed by atoms with Crippen molar-refractivity contribution in [3.63, 3.8) is 0 Å². The van der Waals surface area contributed by atoms with Crippen molar-refractivity contribution in [1.82, 2.24) is 0 Å². The Morgan fingerprint density at radius 1 is 1.11 bits per heavy atom. The van der Waals surface area contributed by atoms with E-state index >= 15 is 0 Å². The summed E-state index contributed by atoms with van der Waals surface area (Å²) >= 11 is 0. The maximum atomic E-state index is 12.3. The Morgan fingerprint density at radius 3 is 1.89 bits per heavy atom. The first-order chi connectivity index (χ1) is 8.39. The highest BCUT2D eigenvalue weighted by Gasteiger charge is 2.44. The van der Waals surface area contributed by atoms with Crippen LogP contribution in [-0.2, 0) is 4.79 Å². The van der Waals surface area contributed by atoms with Crippen LogP contribution < -0.4 is 0 Å². The van der Waals surface area contributed by atoms with Crippen LogP contribution in [0.15, 0.2) is 12.7 Å². The lowest BCUT2D eigenvalue weighted by atomic mass is 9.58. The molecule has 0 saturated heterocycles. The molecule has 0 aliphatic rings. The Bertz CT molecular complexity index is 321. The van der Waals surface area contributed by atoms with Crippen LogP contribution in [0.1, 0.15) is 74.7 Å². The van der Waals surface area contributed by atoms with Crippen molar-refractivity contribution in [3.05, 3.63) is 12.7 Å². The Hall–Kier alpha value is -0.590. The van der Waals surface area contributed by atoms with E-state index in [9.17, 15) is 4.79 Å². The first kappa shape index (κ1) is 18.4. The first-order valence-corrected chi connectivity index (χ1v) is 7.53. The third-order valence-electron chi connectivity index (χ3n) is 4.33. The Labute approximate surface area is 120 Å². The molecule has 0 heterocycles. The number of carbonyl (C=O) groups is 1. The smallest absolute Gasteiger partial charge is 0.133 e. The van der Waals surface area contributed by atoms with Gasteiger partial charge in [-0.25, -0.2) is 0 Å². The molecule has 1 nitrogen and oxygen atoms in total. The van der Waals surface area contributed by atoms with E-state index in [0.29, 0.717) is 5.78 Å². The number of Topliss-reactive ketones (excluding diaryl/α,β-unsaturated/α-hetero) is 1. The normalized spacial score (nSPS) is 15.2. The lowest BCUT2D eigenvalue weighted by Crippen LogP contribution is -2.42. The van der Waals surface area contributed by atoms with Gasteiger partial charge in [-0.3, -0.25) is 4.79 Å². The van der Waals surface area contributed by atoms with Crippen molar-refractivity contribution in [2.45, 2.75) is 74.7 Å². The zero-order chi connectivity index (χ0) is 15.5. The van der Waals surface area contributed by atoms with Crippen LogP contribution in [0.5, 0.6) is 0 Å². The standard InChI is InChI=1S/C18H34O/c1-10-12-17(6,7)15(14(3)19)18(8,9)13-16(4,5)11-2/h11,15H,2,10,12-13H2,1,3-9H3. The van der Waals surface area contributed by atoms with Gasteiger partial charge in [0, 0.05) is 5.92 Å². The minimum absolute atomic E-state index is 0.0117. The SMILES string of the molecule is C=CC(C)(C)CC(C)(C)C(C(C)=O)C(C)(C)CCC. The molecule has 0 fully saturated rings. The van der Waals surface area contributed by atoms with Crippen LogP contribution in [0.25, 0.3) is 0 Å². The van der Waals surface area contributed by atoms with Gasteiger partial charge in [-0.1, -0.05) is 61.0 Å². The van der Waals surface area contributed by atoms with Crippen LogP contribution >= 0.6 is 0 Å². The molecule has 0 N–H and O–H groups in total. The highest BCUT2D eigenvalue weighted by atomic mass is 16.1. The average molecular weight is 266 g/mol. The second-order valence-corrected chi connectivity index (χ2v) is 8.14. The van der Waals surface area contributed by atoms with E-state index in [1.165, 1.54) is 0 Å². The van der Waals surface area contributed by atoms with Crippen molar-refractivity contribution in [1.29, 1.82) is 0 Å². The van der Waals surface area contributed by atoms with Crippen LogP contribution in [0, 0.1) is 22.2 Å². The molecule has 1 atom stereocenters. The van der Waals surface area contributed by atoms with Gasteiger partial charge in [-0.05, 0) is 36.0 Å². The molecule has 0 aromatic carbocycles. The highest BCUT2D eigenvalue weighted by Crippen LogP contribution is 2.49. The van der Waals surface area contributed by atoms with Crippen molar-refractivity contribution in [2.24, 2.45) is 22.2 Å². The van der Waals surface area contributed by atoms with Gasteiger partial charge in [-0.15, -0.1) is 6.58 Å². The maximum absolute atomic E-state index is 12.3. The Balaban J connectivity index is 5.39. The minimum Gasteiger partial charge on any atom is -0.300 e. The van der Waals surface area contributed by atoms with E-state index in [2.05, 4.69) is 55.0 Å². The van der Waals surface area contributed by atoms with Crippen molar-refractivity contribution in [2.75, 3.05) is 0 Å². The summed E-state index contributed by atoms with van der Waals surface area (Å²) in [6, 6.07) is 0. The van der Waals surface area contributed by atoms with Crippen molar-refractivity contribution < 1.29 is 4.79 Å². The fourth-order valence-corrected chi connectivity index (χ4v) is 4.30. The summed E-state index contributed by atoms with van der Waals surface area (Å²) in [6.45, 7) is 21.2. The number of ketones is 1. The Morgan fingerprint density at radius 2 is 1.58 bits per heavy atom. The van der Waals surface area contributed by atoms with Gasteiger partial charge in [0.05, 0.1) is 0 Å². The fraction of sp³-hybridized carbons (Fsp3) is 0.833. The maximum Gasteiger partial charge on any atom is 0.133 e. The number of hydrogen-bond donors (Lipinski definition) is 0. The van der Waals surface area contributed by atoms with Crippen LogP contribution in [0.3, 0.4) is 0 Å². The van der Waals surface area contributed by atoms with Gasteiger partial charge in [0.25, 0.3) is 0 Å².